The quantitative estimate of drug-likeness (QED) is 0.788. The van der Waals surface area contributed by atoms with Crippen molar-refractivity contribution < 1.29 is 0 Å². The zero-order chi connectivity index (χ0) is 16.9. The maximum Gasteiger partial charge on any atom is 0.222 e. The van der Waals surface area contributed by atoms with Crippen LogP contribution in [0.5, 0.6) is 0 Å². The van der Waals surface area contributed by atoms with Gasteiger partial charge in [-0.3, -0.25) is 0 Å². The van der Waals surface area contributed by atoms with Crippen molar-refractivity contribution in [3.05, 3.63) is 59.8 Å². The van der Waals surface area contributed by atoms with Gasteiger partial charge in [-0.1, -0.05) is 30.4 Å². The van der Waals surface area contributed by atoms with Crippen LogP contribution >= 0.6 is 0 Å². The van der Waals surface area contributed by atoms with Gasteiger partial charge in [0.25, 0.3) is 0 Å². The highest BCUT2D eigenvalue weighted by molar-refractivity contribution is 5.68. The summed E-state index contributed by atoms with van der Waals surface area (Å²) in [4.78, 5) is 8.70. The second-order valence-electron chi connectivity index (χ2n) is 5.98. The van der Waals surface area contributed by atoms with Gasteiger partial charge in [0.15, 0.2) is 0 Å². The number of aryl methyl sites for hydroxylation is 1. The van der Waals surface area contributed by atoms with Crippen molar-refractivity contribution in [2.24, 2.45) is 0 Å². The lowest BCUT2D eigenvalue weighted by atomic mass is 10.0. The SMILES string of the molecule is Cc1cccc(-c2cc(NCCC3C=CC=CN3)nc(N)n2)c1C. The van der Waals surface area contributed by atoms with Crippen LogP contribution in [0.25, 0.3) is 11.3 Å². The molecule has 3 rings (SSSR count). The highest BCUT2D eigenvalue weighted by Crippen LogP contribution is 2.26. The minimum atomic E-state index is 0.287. The second-order valence-corrected chi connectivity index (χ2v) is 5.98. The molecule has 24 heavy (non-hydrogen) atoms. The molecule has 2 aromatic rings. The summed E-state index contributed by atoms with van der Waals surface area (Å²) in [7, 11) is 0. The number of rotatable bonds is 5. The van der Waals surface area contributed by atoms with Crippen molar-refractivity contribution in [2.75, 3.05) is 17.6 Å². The van der Waals surface area contributed by atoms with Gasteiger partial charge in [-0.05, 0) is 43.7 Å². The van der Waals surface area contributed by atoms with Gasteiger partial charge in [-0.25, -0.2) is 4.98 Å². The molecule has 5 nitrogen and oxygen atoms in total. The van der Waals surface area contributed by atoms with Crippen molar-refractivity contribution in [1.82, 2.24) is 15.3 Å². The van der Waals surface area contributed by atoms with E-state index >= 15 is 0 Å². The van der Waals surface area contributed by atoms with Gasteiger partial charge in [0.05, 0.1) is 5.69 Å². The number of aromatic nitrogens is 2. The first-order valence-electron chi connectivity index (χ1n) is 8.18. The van der Waals surface area contributed by atoms with E-state index in [0.717, 1.165) is 30.0 Å². The van der Waals surface area contributed by atoms with Crippen molar-refractivity contribution >= 4 is 11.8 Å². The molecule has 0 spiro atoms. The van der Waals surface area contributed by atoms with Crippen molar-refractivity contribution in [1.29, 1.82) is 0 Å². The van der Waals surface area contributed by atoms with E-state index < -0.39 is 0 Å². The Kier molecular flexibility index (Phi) is 4.79. The van der Waals surface area contributed by atoms with E-state index in [1.54, 1.807) is 0 Å². The lowest BCUT2D eigenvalue weighted by Gasteiger charge is -2.16. The number of benzene rings is 1. The van der Waals surface area contributed by atoms with Gasteiger partial charge in [0.1, 0.15) is 5.82 Å². The summed E-state index contributed by atoms with van der Waals surface area (Å²) in [5.41, 5.74) is 10.3. The molecule has 0 fully saturated rings. The van der Waals surface area contributed by atoms with Gasteiger partial charge in [-0.15, -0.1) is 0 Å². The third kappa shape index (κ3) is 3.74. The van der Waals surface area contributed by atoms with Crippen LogP contribution in [0.4, 0.5) is 11.8 Å². The lowest BCUT2D eigenvalue weighted by Crippen LogP contribution is -2.26. The molecular weight excluding hydrogens is 298 g/mol. The minimum Gasteiger partial charge on any atom is -0.385 e. The Bertz CT molecular complexity index is 779. The predicted molar refractivity (Wildman–Crippen MR) is 99.7 cm³/mol. The highest BCUT2D eigenvalue weighted by atomic mass is 15.1. The fourth-order valence-electron chi connectivity index (χ4n) is 2.75. The third-order valence-electron chi connectivity index (χ3n) is 4.25. The summed E-state index contributed by atoms with van der Waals surface area (Å²) in [6.45, 7) is 5.00. The Morgan fingerprint density at radius 1 is 1.21 bits per heavy atom. The summed E-state index contributed by atoms with van der Waals surface area (Å²) in [5.74, 6) is 1.04. The molecule has 0 radical (unpaired) electrons. The Hall–Kier alpha value is -2.82. The highest BCUT2D eigenvalue weighted by Gasteiger charge is 2.09. The van der Waals surface area contributed by atoms with E-state index in [4.69, 9.17) is 5.73 Å². The molecule has 0 bridgehead atoms. The Morgan fingerprint density at radius 3 is 2.88 bits per heavy atom. The zero-order valence-electron chi connectivity index (χ0n) is 14.1. The van der Waals surface area contributed by atoms with Crippen LogP contribution in [0.3, 0.4) is 0 Å². The smallest absolute Gasteiger partial charge is 0.222 e. The Morgan fingerprint density at radius 2 is 2.08 bits per heavy atom. The van der Waals surface area contributed by atoms with Crippen LogP contribution in [0.2, 0.25) is 0 Å². The van der Waals surface area contributed by atoms with Gasteiger partial charge in [0, 0.05) is 24.2 Å². The number of allylic oxidation sites excluding steroid dienone is 2. The number of hydrogen-bond acceptors (Lipinski definition) is 5. The van der Waals surface area contributed by atoms with E-state index in [-0.39, 0.29) is 5.95 Å². The summed E-state index contributed by atoms with van der Waals surface area (Å²) in [6, 6.07) is 8.51. The van der Waals surface area contributed by atoms with E-state index in [2.05, 4.69) is 58.7 Å². The number of hydrogen-bond donors (Lipinski definition) is 3. The summed E-state index contributed by atoms with van der Waals surface area (Å²) in [5, 5.41) is 6.65. The summed E-state index contributed by atoms with van der Waals surface area (Å²) >= 11 is 0. The minimum absolute atomic E-state index is 0.287. The van der Waals surface area contributed by atoms with Gasteiger partial charge in [0.2, 0.25) is 5.95 Å². The molecule has 0 aliphatic carbocycles. The zero-order valence-corrected chi connectivity index (χ0v) is 14.1. The molecule has 5 heteroatoms. The lowest BCUT2D eigenvalue weighted by molar-refractivity contribution is 0.651. The van der Waals surface area contributed by atoms with Crippen LogP contribution in [0.1, 0.15) is 17.5 Å². The Balaban J connectivity index is 1.73. The monoisotopic (exact) mass is 321 g/mol. The standard InChI is InChI=1S/C19H23N5/c1-13-6-5-8-16(14(13)2)17-12-18(24-19(20)23-17)22-11-9-15-7-3-4-10-21-15/h3-8,10,12,15,21H,9,11H2,1-2H3,(H3,20,22,23,24). The van der Waals surface area contributed by atoms with Gasteiger partial charge >= 0.3 is 0 Å². The third-order valence-corrected chi connectivity index (χ3v) is 4.25. The molecule has 4 N–H and O–H groups in total. The number of dihydropyridines is 1. The van der Waals surface area contributed by atoms with Gasteiger partial charge < -0.3 is 16.4 Å². The van der Waals surface area contributed by atoms with E-state index in [0.29, 0.717) is 6.04 Å². The van der Waals surface area contributed by atoms with Crippen LogP contribution in [-0.4, -0.2) is 22.6 Å². The van der Waals surface area contributed by atoms with E-state index in [1.807, 2.05) is 24.4 Å². The van der Waals surface area contributed by atoms with Crippen LogP contribution in [0, 0.1) is 13.8 Å². The number of anilines is 2. The first kappa shape index (κ1) is 16.1. The molecule has 1 aliphatic rings. The number of nitrogen functional groups attached to an aromatic ring is 1. The molecule has 124 valence electrons. The maximum absolute atomic E-state index is 5.90. The fraction of sp³-hybridized carbons (Fsp3) is 0.263. The second kappa shape index (κ2) is 7.17. The van der Waals surface area contributed by atoms with Crippen LogP contribution < -0.4 is 16.4 Å². The number of nitrogens with two attached hydrogens (primary N) is 1. The van der Waals surface area contributed by atoms with Crippen LogP contribution in [0.15, 0.2) is 48.7 Å². The number of nitrogens with zero attached hydrogens (tertiary/aromatic N) is 2. The van der Waals surface area contributed by atoms with Crippen molar-refractivity contribution in [3.8, 4) is 11.3 Å². The number of nitrogens with one attached hydrogen (secondary N) is 2. The van der Waals surface area contributed by atoms with Crippen molar-refractivity contribution in [2.45, 2.75) is 26.3 Å². The normalized spacial score (nSPS) is 16.0. The maximum atomic E-state index is 5.90. The molecule has 1 aromatic carbocycles. The van der Waals surface area contributed by atoms with E-state index in [9.17, 15) is 0 Å². The molecule has 2 heterocycles. The molecule has 0 amide bonds. The first-order chi connectivity index (χ1) is 11.6. The van der Waals surface area contributed by atoms with E-state index in [1.165, 1.54) is 11.1 Å². The summed E-state index contributed by atoms with van der Waals surface area (Å²) in [6.07, 6.45) is 9.13. The van der Waals surface area contributed by atoms with Gasteiger partial charge in [-0.2, -0.15) is 4.98 Å². The predicted octanol–water partition coefficient (Wildman–Crippen LogP) is 3.19. The molecule has 1 aliphatic heterocycles. The first-order valence-corrected chi connectivity index (χ1v) is 8.18. The molecule has 1 atom stereocenters. The largest absolute Gasteiger partial charge is 0.385 e. The molecular formula is C19H23N5. The average molecular weight is 321 g/mol. The topological polar surface area (TPSA) is 75.9 Å². The molecule has 0 saturated heterocycles. The van der Waals surface area contributed by atoms with Crippen LogP contribution in [-0.2, 0) is 0 Å². The molecule has 0 saturated carbocycles. The Labute approximate surface area is 142 Å². The molecule has 1 aromatic heterocycles. The average Bonchev–Trinajstić information content (AvgIpc) is 2.58. The molecule has 1 unspecified atom stereocenters. The fourth-order valence-corrected chi connectivity index (χ4v) is 2.75. The summed E-state index contributed by atoms with van der Waals surface area (Å²) < 4.78 is 0. The van der Waals surface area contributed by atoms with Crippen molar-refractivity contribution in [3.63, 3.8) is 0 Å².